The van der Waals surface area contributed by atoms with E-state index in [1.54, 1.807) is 4.90 Å². The molecule has 1 amide bonds. The smallest absolute Gasteiger partial charge is 0.410 e. The molecule has 3 radical (unpaired) electrons. The van der Waals surface area contributed by atoms with Crippen molar-refractivity contribution in [1.29, 1.82) is 0 Å². The van der Waals surface area contributed by atoms with Crippen LogP contribution in [-0.4, -0.2) is 39.9 Å². The predicted octanol–water partition coefficient (Wildman–Crippen LogP) is 3.00. The number of carbonyl (C=O) groups is 1. The number of rotatable bonds is 6. The van der Waals surface area contributed by atoms with E-state index in [0.29, 0.717) is 0 Å². The summed E-state index contributed by atoms with van der Waals surface area (Å²) in [6.07, 6.45) is 2.88. The van der Waals surface area contributed by atoms with Gasteiger partial charge in [0.1, 0.15) is 5.60 Å². The van der Waals surface area contributed by atoms with Crippen LogP contribution < -0.4 is 0 Å². The van der Waals surface area contributed by atoms with Gasteiger partial charge in [-0.15, -0.1) is 0 Å². The number of carbonyl (C=O) groups excluding carboxylic acids is 1. The molecule has 4 heteroatoms. The summed E-state index contributed by atoms with van der Waals surface area (Å²) in [5.74, 6) is 0. The van der Waals surface area contributed by atoms with E-state index in [1.165, 1.54) is 0 Å². The van der Waals surface area contributed by atoms with E-state index in [9.17, 15) is 4.79 Å². The van der Waals surface area contributed by atoms with E-state index in [4.69, 9.17) is 4.74 Å². The van der Waals surface area contributed by atoms with Crippen LogP contribution in [0.1, 0.15) is 47.0 Å². The summed E-state index contributed by atoms with van der Waals surface area (Å²) in [6.45, 7) is 9.36. The standard InChI is InChI=1S/C12H24NO2Si/c1-5-6-8-13(9-7-10-16)11(14)15-12(2,3)4/h5-10H2,1-4H3. The van der Waals surface area contributed by atoms with Crippen molar-refractivity contribution in [3.63, 3.8) is 0 Å². The Bertz CT molecular complexity index is 194. The fourth-order valence-electron chi connectivity index (χ4n) is 1.24. The molecule has 93 valence electrons. The minimum atomic E-state index is -0.407. The summed E-state index contributed by atoms with van der Waals surface area (Å²) >= 11 is 0. The van der Waals surface area contributed by atoms with Crippen LogP contribution in [0.2, 0.25) is 6.04 Å². The molecular weight excluding hydrogens is 218 g/mol. The number of ether oxygens (including phenoxy) is 1. The largest absolute Gasteiger partial charge is 0.444 e. The molecule has 0 saturated heterocycles. The fourth-order valence-corrected chi connectivity index (χ4v) is 1.40. The molecule has 0 spiro atoms. The molecule has 0 aliphatic heterocycles. The molecule has 0 fully saturated rings. The van der Waals surface area contributed by atoms with Crippen LogP contribution in [0.4, 0.5) is 4.79 Å². The molecular formula is C12H24NO2Si. The van der Waals surface area contributed by atoms with E-state index in [0.717, 1.165) is 38.4 Å². The highest BCUT2D eigenvalue weighted by Crippen LogP contribution is 2.11. The summed E-state index contributed by atoms with van der Waals surface area (Å²) in [5, 5.41) is 0. The third-order valence-corrected chi connectivity index (χ3v) is 2.39. The molecule has 0 rings (SSSR count). The molecule has 0 unspecified atom stereocenters. The maximum atomic E-state index is 11.9. The normalized spacial score (nSPS) is 11.3. The van der Waals surface area contributed by atoms with Gasteiger partial charge in [-0.1, -0.05) is 19.4 Å². The van der Waals surface area contributed by atoms with Crippen molar-refractivity contribution in [3.8, 4) is 0 Å². The average molecular weight is 242 g/mol. The summed E-state index contributed by atoms with van der Waals surface area (Å²) in [5.41, 5.74) is -0.407. The zero-order chi connectivity index (χ0) is 12.6. The molecule has 0 aromatic rings. The number of nitrogens with zero attached hydrogens (tertiary/aromatic N) is 1. The van der Waals surface area contributed by atoms with Gasteiger partial charge >= 0.3 is 6.09 Å². The van der Waals surface area contributed by atoms with Crippen molar-refractivity contribution in [2.24, 2.45) is 0 Å². The highest BCUT2D eigenvalue weighted by Gasteiger charge is 2.21. The molecule has 3 nitrogen and oxygen atoms in total. The first-order valence-corrected chi connectivity index (χ1v) is 6.74. The van der Waals surface area contributed by atoms with E-state index >= 15 is 0 Å². The van der Waals surface area contributed by atoms with Gasteiger partial charge in [-0.25, -0.2) is 4.79 Å². The topological polar surface area (TPSA) is 29.5 Å². The first-order valence-electron chi connectivity index (χ1n) is 6.03. The molecule has 0 aromatic heterocycles. The Balaban J connectivity index is 4.19. The highest BCUT2D eigenvalue weighted by atomic mass is 28.1. The minimum Gasteiger partial charge on any atom is -0.444 e. The van der Waals surface area contributed by atoms with Crippen LogP contribution in [0.15, 0.2) is 0 Å². The first kappa shape index (κ1) is 15.5. The predicted molar refractivity (Wildman–Crippen MR) is 67.9 cm³/mol. The van der Waals surface area contributed by atoms with Gasteiger partial charge in [0.25, 0.3) is 0 Å². The van der Waals surface area contributed by atoms with E-state index < -0.39 is 5.60 Å². The lowest BCUT2D eigenvalue weighted by Gasteiger charge is -2.27. The van der Waals surface area contributed by atoms with Gasteiger partial charge in [-0.2, -0.15) is 0 Å². The van der Waals surface area contributed by atoms with Gasteiger partial charge < -0.3 is 9.64 Å². The summed E-state index contributed by atoms with van der Waals surface area (Å²) < 4.78 is 5.37. The number of unbranched alkanes of at least 4 members (excludes halogenated alkanes) is 1. The number of amides is 1. The molecule has 0 heterocycles. The second-order valence-corrected chi connectivity index (χ2v) is 5.42. The van der Waals surface area contributed by atoms with Crippen LogP contribution in [0.5, 0.6) is 0 Å². The van der Waals surface area contributed by atoms with Crippen molar-refractivity contribution in [2.75, 3.05) is 13.1 Å². The Morgan fingerprint density at radius 3 is 2.25 bits per heavy atom. The SMILES string of the molecule is CCCCN(CCC[Si])C(=O)OC(C)(C)C. The van der Waals surface area contributed by atoms with Crippen molar-refractivity contribution in [1.82, 2.24) is 4.90 Å². The van der Waals surface area contributed by atoms with Gasteiger partial charge in [0, 0.05) is 23.3 Å². The van der Waals surface area contributed by atoms with Crippen molar-refractivity contribution >= 4 is 16.3 Å². The Kier molecular flexibility index (Phi) is 7.46. The van der Waals surface area contributed by atoms with Gasteiger partial charge in [0.2, 0.25) is 0 Å². The maximum absolute atomic E-state index is 11.9. The number of hydrogen-bond acceptors (Lipinski definition) is 2. The van der Waals surface area contributed by atoms with E-state index in [1.807, 2.05) is 20.8 Å². The third kappa shape index (κ3) is 7.74. The second-order valence-electron chi connectivity index (χ2n) is 4.92. The third-order valence-electron chi connectivity index (χ3n) is 2.04. The zero-order valence-electron chi connectivity index (χ0n) is 11.0. The molecule has 0 atom stereocenters. The van der Waals surface area contributed by atoms with Gasteiger partial charge in [0.05, 0.1) is 0 Å². The van der Waals surface area contributed by atoms with Crippen LogP contribution in [0, 0.1) is 0 Å². The van der Waals surface area contributed by atoms with E-state index in [2.05, 4.69) is 17.2 Å². The van der Waals surface area contributed by atoms with E-state index in [-0.39, 0.29) is 6.09 Å². The second kappa shape index (κ2) is 7.71. The summed E-state index contributed by atoms with van der Waals surface area (Å²) in [7, 11) is 3.42. The quantitative estimate of drug-likeness (QED) is 0.670. The molecule has 0 aliphatic carbocycles. The zero-order valence-corrected chi connectivity index (χ0v) is 12.0. The number of hydrogen-bond donors (Lipinski definition) is 0. The first-order chi connectivity index (χ1) is 7.40. The summed E-state index contributed by atoms with van der Waals surface area (Å²) in [4.78, 5) is 13.7. The molecule has 0 aromatic carbocycles. The van der Waals surface area contributed by atoms with Crippen LogP contribution in [0.25, 0.3) is 0 Å². The molecule has 0 N–H and O–H groups in total. The van der Waals surface area contributed by atoms with Gasteiger partial charge in [-0.05, 0) is 33.6 Å². The summed E-state index contributed by atoms with van der Waals surface area (Å²) in [6, 6.07) is 0.908. The van der Waals surface area contributed by atoms with Crippen LogP contribution >= 0.6 is 0 Å². The molecule has 0 bridgehead atoms. The van der Waals surface area contributed by atoms with Gasteiger partial charge in [-0.3, -0.25) is 0 Å². The minimum absolute atomic E-state index is 0.193. The Morgan fingerprint density at radius 2 is 1.81 bits per heavy atom. The molecule has 16 heavy (non-hydrogen) atoms. The van der Waals surface area contributed by atoms with Crippen molar-refractivity contribution < 1.29 is 9.53 Å². The Morgan fingerprint density at radius 1 is 1.25 bits per heavy atom. The molecule has 0 saturated carbocycles. The monoisotopic (exact) mass is 242 g/mol. The fraction of sp³-hybridized carbons (Fsp3) is 0.917. The lowest BCUT2D eigenvalue weighted by molar-refractivity contribution is 0.0248. The lowest BCUT2D eigenvalue weighted by atomic mass is 10.2. The Hall–Kier alpha value is -0.513. The molecule has 0 aliphatic rings. The van der Waals surface area contributed by atoms with Crippen molar-refractivity contribution in [2.45, 2.75) is 58.6 Å². The highest BCUT2D eigenvalue weighted by molar-refractivity contribution is 6.08. The average Bonchev–Trinajstić information content (AvgIpc) is 2.15. The van der Waals surface area contributed by atoms with Crippen LogP contribution in [-0.2, 0) is 4.74 Å². The van der Waals surface area contributed by atoms with Crippen molar-refractivity contribution in [3.05, 3.63) is 0 Å². The Labute approximate surface area is 103 Å². The lowest BCUT2D eigenvalue weighted by Crippen LogP contribution is -2.38. The van der Waals surface area contributed by atoms with Crippen LogP contribution in [0.3, 0.4) is 0 Å². The van der Waals surface area contributed by atoms with Gasteiger partial charge in [0.15, 0.2) is 0 Å². The maximum Gasteiger partial charge on any atom is 0.410 e.